The van der Waals surface area contributed by atoms with Gasteiger partial charge in [0.15, 0.2) is 5.69 Å². The van der Waals surface area contributed by atoms with Crippen LogP contribution in [-0.4, -0.2) is 22.0 Å². The molecule has 0 fully saturated rings. The number of carbonyl (C=O) groups excluding carboxylic acids is 1. The predicted molar refractivity (Wildman–Crippen MR) is 60.6 cm³/mol. The maximum atomic E-state index is 12.6. The standard InChI is InChI=1S/C11H10F3N3O2/c1-2-19-10(18)8-9(15)17-5-6(11(12,13)14)3-4-7(17)16-8/h3-5H,2,15H2,1H3. The first kappa shape index (κ1) is 13.2. The lowest BCUT2D eigenvalue weighted by Crippen LogP contribution is -2.09. The number of hydrogen-bond acceptors (Lipinski definition) is 4. The van der Waals surface area contributed by atoms with Gasteiger partial charge in [-0.25, -0.2) is 9.78 Å². The largest absolute Gasteiger partial charge is 0.461 e. The summed E-state index contributed by atoms with van der Waals surface area (Å²) in [6.45, 7) is 1.73. The number of anilines is 1. The van der Waals surface area contributed by atoms with E-state index in [9.17, 15) is 18.0 Å². The number of fused-ring (bicyclic) bond motifs is 1. The highest BCUT2D eigenvalue weighted by molar-refractivity contribution is 5.93. The SMILES string of the molecule is CCOC(=O)c1nc2ccc(C(F)(F)F)cn2c1N. The third-order valence-corrected chi connectivity index (χ3v) is 2.45. The smallest absolute Gasteiger partial charge is 0.417 e. The van der Waals surface area contributed by atoms with E-state index in [-0.39, 0.29) is 23.8 Å². The minimum absolute atomic E-state index is 0.125. The van der Waals surface area contributed by atoms with E-state index in [1.165, 1.54) is 0 Å². The van der Waals surface area contributed by atoms with E-state index in [0.29, 0.717) is 0 Å². The van der Waals surface area contributed by atoms with Crippen molar-refractivity contribution in [3.63, 3.8) is 0 Å². The third kappa shape index (κ3) is 2.33. The van der Waals surface area contributed by atoms with Crippen LogP contribution in [0.15, 0.2) is 18.3 Å². The summed E-state index contributed by atoms with van der Waals surface area (Å²) in [5, 5.41) is 0. The zero-order valence-corrected chi connectivity index (χ0v) is 9.86. The van der Waals surface area contributed by atoms with Gasteiger partial charge in [-0.1, -0.05) is 0 Å². The Morgan fingerprint density at radius 3 is 2.74 bits per heavy atom. The number of pyridine rings is 1. The van der Waals surface area contributed by atoms with E-state index in [2.05, 4.69) is 4.98 Å². The summed E-state index contributed by atoms with van der Waals surface area (Å²) in [6, 6.07) is 2.01. The van der Waals surface area contributed by atoms with Crippen LogP contribution >= 0.6 is 0 Å². The lowest BCUT2D eigenvalue weighted by Gasteiger charge is -2.06. The Bertz CT molecular complexity index is 634. The second kappa shape index (κ2) is 4.45. The van der Waals surface area contributed by atoms with Crippen LogP contribution in [0.2, 0.25) is 0 Å². The maximum Gasteiger partial charge on any atom is 0.417 e. The second-order valence-corrected chi connectivity index (χ2v) is 3.71. The molecule has 19 heavy (non-hydrogen) atoms. The lowest BCUT2D eigenvalue weighted by molar-refractivity contribution is -0.137. The van der Waals surface area contributed by atoms with Crippen LogP contribution in [0.25, 0.3) is 5.65 Å². The molecule has 2 aromatic rings. The quantitative estimate of drug-likeness (QED) is 0.851. The van der Waals surface area contributed by atoms with Crippen molar-refractivity contribution in [2.24, 2.45) is 0 Å². The van der Waals surface area contributed by atoms with Crippen molar-refractivity contribution in [2.75, 3.05) is 12.3 Å². The van der Waals surface area contributed by atoms with Crippen molar-refractivity contribution in [3.05, 3.63) is 29.6 Å². The van der Waals surface area contributed by atoms with Crippen molar-refractivity contribution in [2.45, 2.75) is 13.1 Å². The predicted octanol–water partition coefficient (Wildman–Crippen LogP) is 2.11. The molecule has 2 aromatic heterocycles. The van der Waals surface area contributed by atoms with Crippen LogP contribution in [0.4, 0.5) is 19.0 Å². The zero-order chi connectivity index (χ0) is 14.2. The average Bonchev–Trinajstić information content (AvgIpc) is 2.66. The molecule has 0 amide bonds. The van der Waals surface area contributed by atoms with E-state index in [1.54, 1.807) is 6.92 Å². The second-order valence-electron chi connectivity index (χ2n) is 3.71. The number of rotatable bonds is 2. The number of nitrogen functional groups attached to an aromatic ring is 1. The van der Waals surface area contributed by atoms with Gasteiger partial charge in [-0.05, 0) is 19.1 Å². The van der Waals surface area contributed by atoms with Crippen molar-refractivity contribution < 1.29 is 22.7 Å². The van der Waals surface area contributed by atoms with Gasteiger partial charge in [-0.2, -0.15) is 13.2 Å². The number of nitrogens with zero attached hydrogens (tertiary/aromatic N) is 2. The van der Waals surface area contributed by atoms with E-state index in [0.717, 1.165) is 22.7 Å². The Morgan fingerprint density at radius 1 is 1.47 bits per heavy atom. The Labute approximate surface area is 105 Å². The summed E-state index contributed by atoms with van der Waals surface area (Å²) in [6.07, 6.45) is -3.70. The maximum absolute atomic E-state index is 12.6. The molecule has 0 saturated heterocycles. The fourth-order valence-corrected chi connectivity index (χ4v) is 1.58. The molecule has 0 aliphatic carbocycles. The highest BCUT2D eigenvalue weighted by atomic mass is 19.4. The first-order valence-corrected chi connectivity index (χ1v) is 5.36. The molecule has 0 saturated carbocycles. The number of ether oxygens (including phenoxy) is 1. The number of hydrogen-bond donors (Lipinski definition) is 1. The Morgan fingerprint density at radius 2 is 2.16 bits per heavy atom. The average molecular weight is 273 g/mol. The molecule has 8 heteroatoms. The Balaban J connectivity index is 2.55. The highest BCUT2D eigenvalue weighted by Gasteiger charge is 2.31. The van der Waals surface area contributed by atoms with Crippen LogP contribution in [0.1, 0.15) is 23.0 Å². The van der Waals surface area contributed by atoms with Gasteiger partial charge in [0.05, 0.1) is 12.2 Å². The number of halogens is 3. The molecule has 5 nitrogen and oxygen atoms in total. The summed E-state index contributed by atoms with van der Waals surface area (Å²) in [5.74, 6) is -0.947. The summed E-state index contributed by atoms with van der Waals surface area (Å²) in [5.41, 5.74) is 4.69. The Hall–Kier alpha value is -2.25. The van der Waals surface area contributed by atoms with Crippen LogP contribution < -0.4 is 5.73 Å². The van der Waals surface area contributed by atoms with Gasteiger partial charge < -0.3 is 10.5 Å². The van der Waals surface area contributed by atoms with Gasteiger partial charge in [-0.3, -0.25) is 4.40 Å². The van der Waals surface area contributed by atoms with E-state index >= 15 is 0 Å². The normalized spacial score (nSPS) is 11.8. The molecule has 0 unspecified atom stereocenters. The lowest BCUT2D eigenvalue weighted by atomic mass is 10.3. The van der Waals surface area contributed by atoms with Gasteiger partial charge in [0.2, 0.25) is 0 Å². The van der Waals surface area contributed by atoms with E-state index in [1.807, 2.05) is 0 Å². The van der Waals surface area contributed by atoms with Crippen LogP contribution in [0.5, 0.6) is 0 Å². The van der Waals surface area contributed by atoms with Crippen molar-refractivity contribution >= 4 is 17.4 Å². The van der Waals surface area contributed by atoms with Crippen molar-refractivity contribution in [1.82, 2.24) is 9.38 Å². The van der Waals surface area contributed by atoms with Gasteiger partial charge in [0, 0.05) is 6.20 Å². The number of nitrogens with two attached hydrogens (primary N) is 1. The molecule has 0 spiro atoms. The molecule has 0 aliphatic rings. The number of aromatic nitrogens is 2. The molecule has 0 aromatic carbocycles. The third-order valence-electron chi connectivity index (χ3n) is 2.45. The van der Waals surface area contributed by atoms with Crippen LogP contribution in [0, 0.1) is 0 Å². The van der Waals surface area contributed by atoms with E-state index < -0.39 is 17.7 Å². The molecule has 0 aliphatic heterocycles. The number of esters is 1. The topological polar surface area (TPSA) is 69.6 Å². The first-order chi connectivity index (χ1) is 8.84. The molecule has 102 valence electrons. The molecule has 0 radical (unpaired) electrons. The number of alkyl halides is 3. The minimum Gasteiger partial charge on any atom is -0.461 e. The summed E-state index contributed by atoms with van der Waals surface area (Å²) in [4.78, 5) is 15.4. The van der Waals surface area contributed by atoms with Gasteiger partial charge >= 0.3 is 12.1 Å². The van der Waals surface area contributed by atoms with Gasteiger partial charge in [0.1, 0.15) is 11.5 Å². The van der Waals surface area contributed by atoms with Crippen molar-refractivity contribution in [1.29, 1.82) is 0 Å². The number of imidazole rings is 1. The molecule has 2 rings (SSSR count). The molecule has 0 bridgehead atoms. The first-order valence-electron chi connectivity index (χ1n) is 5.36. The van der Waals surface area contributed by atoms with Crippen LogP contribution in [0.3, 0.4) is 0 Å². The van der Waals surface area contributed by atoms with Crippen LogP contribution in [-0.2, 0) is 10.9 Å². The summed E-state index contributed by atoms with van der Waals surface area (Å²) >= 11 is 0. The molecular formula is C11H10F3N3O2. The van der Waals surface area contributed by atoms with E-state index in [4.69, 9.17) is 10.5 Å². The minimum atomic E-state index is -4.49. The summed E-state index contributed by atoms with van der Waals surface area (Å²) < 4.78 is 43.4. The monoisotopic (exact) mass is 273 g/mol. The fraction of sp³-hybridized carbons (Fsp3) is 0.273. The molecular weight excluding hydrogens is 263 g/mol. The highest BCUT2D eigenvalue weighted by Crippen LogP contribution is 2.30. The zero-order valence-electron chi connectivity index (χ0n) is 9.86. The molecule has 2 N–H and O–H groups in total. The Kier molecular flexibility index (Phi) is 3.09. The molecule has 0 atom stereocenters. The fourth-order valence-electron chi connectivity index (χ4n) is 1.58. The molecule has 2 heterocycles. The van der Waals surface area contributed by atoms with Gasteiger partial charge in [-0.15, -0.1) is 0 Å². The van der Waals surface area contributed by atoms with Crippen molar-refractivity contribution in [3.8, 4) is 0 Å². The number of carbonyl (C=O) groups is 1. The summed E-state index contributed by atoms with van der Waals surface area (Å²) in [7, 11) is 0. The van der Waals surface area contributed by atoms with Gasteiger partial charge in [0.25, 0.3) is 0 Å².